The first kappa shape index (κ1) is 26.8. The molecule has 0 spiro atoms. The number of nitrogens with one attached hydrogen (secondary N) is 2. The molecule has 4 aromatic rings. The van der Waals surface area contributed by atoms with E-state index in [1.165, 1.54) is 0 Å². The highest BCUT2D eigenvalue weighted by atomic mass is 35.5. The summed E-state index contributed by atoms with van der Waals surface area (Å²) in [5, 5.41) is 12.1. The van der Waals surface area contributed by atoms with E-state index in [4.69, 9.17) is 16.6 Å². The quantitative estimate of drug-likeness (QED) is 0.300. The number of halogens is 1. The first-order valence-electron chi connectivity index (χ1n) is 13.0. The van der Waals surface area contributed by atoms with Crippen molar-refractivity contribution in [1.82, 2.24) is 30.0 Å². The van der Waals surface area contributed by atoms with E-state index in [1.807, 2.05) is 67.5 Å². The predicted octanol–water partition coefficient (Wildman–Crippen LogP) is 4.40. The van der Waals surface area contributed by atoms with Crippen molar-refractivity contribution in [2.75, 3.05) is 64.1 Å². The third kappa shape index (κ3) is 6.62. The number of nitrogens with zero attached hydrogens (tertiary/aromatic N) is 6. The van der Waals surface area contributed by atoms with Gasteiger partial charge in [-0.1, -0.05) is 35.9 Å². The Morgan fingerprint density at radius 1 is 1.13 bits per heavy atom. The summed E-state index contributed by atoms with van der Waals surface area (Å²) in [6.07, 6.45) is 5.58. The number of aromatic amines is 1. The van der Waals surface area contributed by atoms with Crippen molar-refractivity contribution >= 4 is 45.7 Å². The minimum atomic E-state index is 0.0615. The lowest BCUT2D eigenvalue weighted by molar-refractivity contribution is -0.114. The number of anilines is 3. The number of likely N-dealkylation sites (N-methyl/N-ethyl adjacent to an activating group) is 2. The van der Waals surface area contributed by atoms with Crippen LogP contribution < -0.4 is 10.2 Å². The number of piperazine rings is 1. The predicted molar refractivity (Wildman–Crippen MR) is 158 cm³/mol. The smallest absolute Gasteiger partial charge is 0.229 e. The van der Waals surface area contributed by atoms with E-state index in [1.54, 1.807) is 12.3 Å². The molecule has 10 heteroatoms. The van der Waals surface area contributed by atoms with Gasteiger partial charge in [0, 0.05) is 50.4 Å². The molecule has 0 atom stereocenters. The molecule has 0 unspecified atom stereocenters. The van der Waals surface area contributed by atoms with Crippen LogP contribution >= 0.6 is 11.6 Å². The van der Waals surface area contributed by atoms with E-state index >= 15 is 0 Å². The zero-order valence-corrected chi connectivity index (χ0v) is 23.2. The fourth-order valence-corrected chi connectivity index (χ4v) is 4.84. The normalized spacial score (nSPS) is 14.5. The van der Waals surface area contributed by atoms with E-state index < -0.39 is 0 Å². The van der Waals surface area contributed by atoms with Crippen LogP contribution in [0.1, 0.15) is 5.56 Å². The molecule has 2 aromatic carbocycles. The zero-order chi connectivity index (χ0) is 27.4. The summed E-state index contributed by atoms with van der Waals surface area (Å²) in [4.78, 5) is 28.6. The standard InChI is InChI=1S/C29H33ClN8O/c1-36(2)11-5-8-23(39)17-20-6-4-7-21(16-20)27-24-19-31-35-28(24)34-29(33-27)32-22-9-10-25(30)26(18-22)38-14-12-37(3)13-15-38/h4-10,16,18-19H,11-15,17H2,1-3H3,(H2,31,32,33,34,35)/b8-5+. The van der Waals surface area contributed by atoms with Gasteiger partial charge in [-0.15, -0.1) is 0 Å². The molecule has 0 radical (unpaired) electrons. The van der Waals surface area contributed by atoms with Crippen molar-refractivity contribution in [3.05, 3.63) is 71.4 Å². The third-order valence-electron chi connectivity index (χ3n) is 6.71. The molecule has 202 valence electrons. The highest BCUT2D eigenvalue weighted by Crippen LogP contribution is 2.32. The number of hydrogen-bond acceptors (Lipinski definition) is 8. The second kappa shape index (κ2) is 11.9. The van der Waals surface area contributed by atoms with Crippen LogP contribution in [0.15, 0.2) is 60.8 Å². The summed E-state index contributed by atoms with van der Waals surface area (Å²) in [5.41, 5.74) is 5.03. The van der Waals surface area contributed by atoms with Crippen LogP contribution in [0.5, 0.6) is 0 Å². The fourth-order valence-electron chi connectivity index (χ4n) is 4.60. The number of benzene rings is 2. The Morgan fingerprint density at radius 3 is 2.74 bits per heavy atom. The summed E-state index contributed by atoms with van der Waals surface area (Å²) in [6.45, 7) is 4.56. The lowest BCUT2D eigenvalue weighted by atomic mass is 10.0. The molecule has 1 aliphatic heterocycles. The minimum absolute atomic E-state index is 0.0615. The van der Waals surface area contributed by atoms with Crippen molar-refractivity contribution in [2.24, 2.45) is 0 Å². The van der Waals surface area contributed by atoms with Crippen molar-refractivity contribution < 1.29 is 4.79 Å². The molecular formula is C29H33ClN8O. The molecule has 2 aromatic heterocycles. The van der Waals surface area contributed by atoms with Crippen molar-refractivity contribution in [2.45, 2.75) is 6.42 Å². The van der Waals surface area contributed by atoms with Gasteiger partial charge in [0.05, 0.1) is 28.0 Å². The average molecular weight is 545 g/mol. The topological polar surface area (TPSA) is 93.3 Å². The van der Waals surface area contributed by atoms with Gasteiger partial charge < -0.3 is 20.0 Å². The minimum Gasteiger partial charge on any atom is -0.368 e. The van der Waals surface area contributed by atoms with Gasteiger partial charge in [0.15, 0.2) is 11.4 Å². The molecule has 0 amide bonds. The van der Waals surface area contributed by atoms with E-state index in [0.29, 0.717) is 18.0 Å². The van der Waals surface area contributed by atoms with Gasteiger partial charge in [0.25, 0.3) is 0 Å². The molecule has 9 nitrogen and oxygen atoms in total. The summed E-state index contributed by atoms with van der Waals surface area (Å²) < 4.78 is 0. The van der Waals surface area contributed by atoms with Gasteiger partial charge in [-0.3, -0.25) is 9.89 Å². The Morgan fingerprint density at radius 2 is 1.95 bits per heavy atom. The Bertz CT molecular complexity index is 1490. The molecular weight excluding hydrogens is 512 g/mol. The second-order valence-corrected chi connectivity index (χ2v) is 10.5. The van der Waals surface area contributed by atoms with E-state index in [0.717, 1.165) is 71.3 Å². The number of carbonyl (C=O) groups is 1. The van der Waals surface area contributed by atoms with E-state index in [2.05, 4.69) is 37.3 Å². The highest BCUT2D eigenvalue weighted by molar-refractivity contribution is 6.33. The van der Waals surface area contributed by atoms with Gasteiger partial charge in [-0.05, 0) is 57.0 Å². The molecule has 1 saturated heterocycles. The maximum atomic E-state index is 12.5. The largest absolute Gasteiger partial charge is 0.368 e. The number of aromatic nitrogens is 4. The zero-order valence-electron chi connectivity index (χ0n) is 22.5. The molecule has 5 rings (SSSR count). The van der Waals surface area contributed by atoms with Crippen molar-refractivity contribution in [3.8, 4) is 11.3 Å². The summed E-state index contributed by atoms with van der Waals surface area (Å²) in [7, 11) is 6.08. The first-order valence-corrected chi connectivity index (χ1v) is 13.4. The molecule has 0 aliphatic carbocycles. The van der Waals surface area contributed by atoms with E-state index in [9.17, 15) is 4.79 Å². The average Bonchev–Trinajstić information content (AvgIpc) is 3.38. The van der Waals surface area contributed by atoms with Crippen LogP contribution in [0.2, 0.25) is 5.02 Å². The van der Waals surface area contributed by atoms with Crippen LogP contribution in [0.25, 0.3) is 22.3 Å². The van der Waals surface area contributed by atoms with Gasteiger partial charge in [-0.25, -0.2) is 4.98 Å². The maximum Gasteiger partial charge on any atom is 0.229 e. The fraction of sp³-hybridized carbons (Fsp3) is 0.310. The molecule has 39 heavy (non-hydrogen) atoms. The van der Waals surface area contributed by atoms with Gasteiger partial charge in [0.2, 0.25) is 5.95 Å². The molecule has 3 heterocycles. The van der Waals surface area contributed by atoms with Gasteiger partial charge >= 0.3 is 0 Å². The van der Waals surface area contributed by atoms with Crippen LogP contribution in [0, 0.1) is 0 Å². The summed E-state index contributed by atoms with van der Waals surface area (Å²) in [6, 6.07) is 13.8. The second-order valence-electron chi connectivity index (χ2n) is 10.1. The van der Waals surface area contributed by atoms with Crippen LogP contribution in [-0.4, -0.2) is 89.6 Å². The Labute approximate surface area is 233 Å². The number of carbonyl (C=O) groups excluding carboxylic acids is 1. The number of fused-ring (bicyclic) bond motifs is 1. The van der Waals surface area contributed by atoms with E-state index in [-0.39, 0.29) is 5.78 Å². The van der Waals surface area contributed by atoms with Crippen LogP contribution in [0.3, 0.4) is 0 Å². The Balaban J connectivity index is 1.40. The maximum absolute atomic E-state index is 12.5. The summed E-state index contributed by atoms with van der Waals surface area (Å²) in [5.74, 6) is 0.507. The lowest BCUT2D eigenvalue weighted by Crippen LogP contribution is -2.44. The Kier molecular flexibility index (Phi) is 8.21. The highest BCUT2D eigenvalue weighted by Gasteiger charge is 2.18. The van der Waals surface area contributed by atoms with Gasteiger partial charge in [-0.2, -0.15) is 10.1 Å². The number of ketones is 1. The SMILES string of the molecule is CN(C)C/C=C/C(=O)Cc1cccc(-c2nc(Nc3ccc(Cl)c(N4CCN(C)CC4)c3)nc3[nH]ncc23)c1. The lowest BCUT2D eigenvalue weighted by Gasteiger charge is -2.34. The first-order chi connectivity index (χ1) is 18.9. The Hall–Kier alpha value is -3.79. The number of H-pyrrole nitrogens is 1. The van der Waals surface area contributed by atoms with Crippen molar-refractivity contribution in [3.63, 3.8) is 0 Å². The van der Waals surface area contributed by atoms with Crippen LogP contribution in [0.4, 0.5) is 17.3 Å². The van der Waals surface area contributed by atoms with Crippen LogP contribution in [-0.2, 0) is 11.2 Å². The number of hydrogen-bond donors (Lipinski definition) is 2. The monoisotopic (exact) mass is 544 g/mol. The molecule has 0 saturated carbocycles. The molecule has 2 N–H and O–H groups in total. The summed E-state index contributed by atoms with van der Waals surface area (Å²) >= 11 is 6.57. The third-order valence-corrected chi connectivity index (χ3v) is 7.03. The molecule has 0 bridgehead atoms. The molecule has 1 aliphatic rings. The van der Waals surface area contributed by atoms with Gasteiger partial charge in [0.1, 0.15) is 0 Å². The van der Waals surface area contributed by atoms with Crippen molar-refractivity contribution in [1.29, 1.82) is 0 Å². The molecule has 1 fully saturated rings. The number of rotatable bonds is 9. The number of allylic oxidation sites excluding steroid dienone is 1.